The molecule has 2 aliphatic rings. The van der Waals surface area contributed by atoms with Crippen LogP contribution in [-0.2, 0) is 0 Å². The van der Waals surface area contributed by atoms with E-state index in [0.29, 0.717) is 6.04 Å². The van der Waals surface area contributed by atoms with E-state index >= 15 is 0 Å². The minimum absolute atomic E-state index is 0.672. The zero-order valence-electron chi connectivity index (χ0n) is 12.4. The van der Waals surface area contributed by atoms with E-state index in [0.717, 1.165) is 24.3 Å². The van der Waals surface area contributed by atoms with Gasteiger partial charge in [0.05, 0.1) is 0 Å². The van der Waals surface area contributed by atoms with E-state index in [2.05, 4.69) is 18.7 Å². The number of hydrogen-bond acceptors (Lipinski definition) is 2. The van der Waals surface area contributed by atoms with E-state index in [4.69, 9.17) is 5.73 Å². The fraction of sp³-hybridized carbons (Fsp3) is 1.00. The molecule has 3 unspecified atom stereocenters. The smallest absolute Gasteiger partial charge is 0.0246 e. The van der Waals surface area contributed by atoms with E-state index in [1.165, 1.54) is 58.0 Å². The molecule has 0 aromatic heterocycles. The second-order valence-electron chi connectivity index (χ2n) is 6.72. The Balaban J connectivity index is 1.88. The first-order chi connectivity index (χ1) is 8.74. The molecule has 0 radical (unpaired) electrons. The highest BCUT2D eigenvalue weighted by Crippen LogP contribution is 2.34. The standard InChI is InChI=1S/C16H32N2/c1-3-14-7-9-18(10-8-14)16(12-17)15-6-4-5-13(2)11-15/h13-16H,3-12,17H2,1-2H3. The highest BCUT2D eigenvalue weighted by molar-refractivity contribution is 4.86. The highest BCUT2D eigenvalue weighted by atomic mass is 15.2. The summed E-state index contributed by atoms with van der Waals surface area (Å²) in [4.78, 5) is 2.72. The molecule has 2 nitrogen and oxygen atoms in total. The first kappa shape index (κ1) is 14.3. The molecule has 0 bridgehead atoms. The van der Waals surface area contributed by atoms with Gasteiger partial charge in [0, 0.05) is 12.6 Å². The average Bonchev–Trinajstić information content (AvgIpc) is 2.40. The number of rotatable bonds is 4. The third-order valence-electron chi connectivity index (χ3n) is 5.46. The lowest BCUT2D eigenvalue weighted by atomic mass is 9.77. The predicted octanol–water partition coefficient (Wildman–Crippen LogP) is 3.26. The van der Waals surface area contributed by atoms with Crippen molar-refractivity contribution in [2.75, 3.05) is 19.6 Å². The molecule has 1 heterocycles. The summed E-state index contributed by atoms with van der Waals surface area (Å²) in [6.45, 7) is 8.22. The van der Waals surface area contributed by atoms with E-state index in [9.17, 15) is 0 Å². The Kier molecular flexibility index (Phi) is 5.50. The Morgan fingerprint density at radius 2 is 1.89 bits per heavy atom. The van der Waals surface area contributed by atoms with Crippen molar-refractivity contribution in [2.45, 2.75) is 64.8 Å². The quantitative estimate of drug-likeness (QED) is 0.832. The summed E-state index contributed by atoms with van der Waals surface area (Å²) in [5.41, 5.74) is 6.11. The Bertz CT molecular complexity index is 233. The average molecular weight is 252 g/mol. The third kappa shape index (κ3) is 3.48. The summed E-state index contributed by atoms with van der Waals surface area (Å²) in [6.07, 6.45) is 9.85. The molecule has 2 fully saturated rings. The molecule has 0 aromatic rings. The summed E-state index contributed by atoms with van der Waals surface area (Å²) < 4.78 is 0. The Morgan fingerprint density at radius 3 is 2.44 bits per heavy atom. The van der Waals surface area contributed by atoms with Crippen LogP contribution >= 0.6 is 0 Å². The van der Waals surface area contributed by atoms with Crippen LogP contribution in [0.25, 0.3) is 0 Å². The summed E-state index contributed by atoms with van der Waals surface area (Å²) in [5, 5.41) is 0. The van der Waals surface area contributed by atoms with Gasteiger partial charge in [0.25, 0.3) is 0 Å². The van der Waals surface area contributed by atoms with Gasteiger partial charge in [-0.2, -0.15) is 0 Å². The van der Waals surface area contributed by atoms with Crippen molar-refractivity contribution in [2.24, 2.45) is 23.5 Å². The molecule has 1 saturated heterocycles. The Morgan fingerprint density at radius 1 is 1.17 bits per heavy atom. The van der Waals surface area contributed by atoms with Crippen molar-refractivity contribution in [1.82, 2.24) is 4.90 Å². The van der Waals surface area contributed by atoms with Crippen LogP contribution in [0.4, 0.5) is 0 Å². The van der Waals surface area contributed by atoms with Crippen molar-refractivity contribution in [3.8, 4) is 0 Å². The van der Waals surface area contributed by atoms with Gasteiger partial charge in [-0.3, -0.25) is 4.90 Å². The first-order valence-corrected chi connectivity index (χ1v) is 8.18. The lowest BCUT2D eigenvalue weighted by Gasteiger charge is -2.42. The van der Waals surface area contributed by atoms with Gasteiger partial charge in [0.15, 0.2) is 0 Å². The van der Waals surface area contributed by atoms with E-state index < -0.39 is 0 Å². The van der Waals surface area contributed by atoms with Crippen molar-refractivity contribution >= 4 is 0 Å². The van der Waals surface area contributed by atoms with Crippen LogP contribution in [0.2, 0.25) is 0 Å². The Hall–Kier alpha value is -0.0800. The topological polar surface area (TPSA) is 29.3 Å². The van der Waals surface area contributed by atoms with Gasteiger partial charge in [0.1, 0.15) is 0 Å². The molecule has 0 amide bonds. The minimum atomic E-state index is 0.672. The van der Waals surface area contributed by atoms with Crippen LogP contribution in [0.1, 0.15) is 58.8 Å². The molecule has 2 heteroatoms. The van der Waals surface area contributed by atoms with Gasteiger partial charge in [-0.1, -0.05) is 33.1 Å². The van der Waals surface area contributed by atoms with Crippen molar-refractivity contribution < 1.29 is 0 Å². The maximum absolute atomic E-state index is 6.11. The number of likely N-dealkylation sites (tertiary alicyclic amines) is 1. The molecule has 0 aromatic carbocycles. The van der Waals surface area contributed by atoms with Crippen LogP contribution in [0.5, 0.6) is 0 Å². The highest BCUT2D eigenvalue weighted by Gasteiger charge is 2.31. The first-order valence-electron chi connectivity index (χ1n) is 8.18. The maximum atomic E-state index is 6.11. The maximum Gasteiger partial charge on any atom is 0.0246 e. The molecule has 2 N–H and O–H groups in total. The fourth-order valence-electron chi connectivity index (χ4n) is 4.16. The van der Waals surface area contributed by atoms with Crippen molar-refractivity contribution in [1.29, 1.82) is 0 Å². The molecule has 1 aliphatic heterocycles. The molecule has 2 rings (SSSR count). The largest absolute Gasteiger partial charge is 0.329 e. The molecular weight excluding hydrogens is 220 g/mol. The lowest BCUT2D eigenvalue weighted by Crippen LogP contribution is -2.49. The lowest BCUT2D eigenvalue weighted by molar-refractivity contribution is 0.0737. The molecular formula is C16H32N2. The van der Waals surface area contributed by atoms with Gasteiger partial charge in [0.2, 0.25) is 0 Å². The fourth-order valence-corrected chi connectivity index (χ4v) is 4.16. The minimum Gasteiger partial charge on any atom is -0.329 e. The van der Waals surface area contributed by atoms with E-state index in [1.807, 2.05) is 0 Å². The number of nitrogens with two attached hydrogens (primary N) is 1. The van der Waals surface area contributed by atoms with Gasteiger partial charge in [-0.25, -0.2) is 0 Å². The van der Waals surface area contributed by atoms with Gasteiger partial charge in [-0.05, 0) is 56.5 Å². The van der Waals surface area contributed by atoms with Gasteiger partial charge >= 0.3 is 0 Å². The monoisotopic (exact) mass is 252 g/mol. The second kappa shape index (κ2) is 6.91. The molecule has 1 saturated carbocycles. The van der Waals surface area contributed by atoms with Gasteiger partial charge < -0.3 is 5.73 Å². The van der Waals surface area contributed by atoms with Crippen LogP contribution in [0.3, 0.4) is 0 Å². The molecule has 0 spiro atoms. The van der Waals surface area contributed by atoms with Crippen LogP contribution in [0, 0.1) is 17.8 Å². The second-order valence-corrected chi connectivity index (χ2v) is 6.72. The van der Waals surface area contributed by atoms with Crippen LogP contribution < -0.4 is 5.73 Å². The van der Waals surface area contributed by atoms with Crippen molar-refractivity contribution in [3.63, 3.8) is 0 Å². The summed E-state index contributed by atoms with van der Waals surface area (Å²) in [7, 11) is 0. The normalized spacial score (nSPS) is 33.5. The zero-order valence-corrected chi connectivity index (χ0v) is 12.4. The van der Waals surface area contributed by atoms with Crippen LogP contribution in [-0.4, -0.2) is 30.6 Å². The number of nitrogens with zero attached hydrogens (tertiary/aromatic N) is 1. The summed E-state index contributed by atoms with van der Waals surface area (Å²) >= 11 is 0. The molecule has 106 valence electrons. The third-order valence-corrected chi connectivity index (χ3v) is 5.46. The number of piperidine rings is 1. The zero-order chi connectivity index (χ0) is 13.0. The number of hydrogen-bond donors (Lipinski definition) is 1. The molecule has 18 heavy (non-hydrogen) atoms. The Labute approximate surface area is 113 Å². The summed E-state index contributed by atoms with van der Waals surface area (Å²) in [6, 6.07) is 0.672. The van der Waals surface area contributed by atoms with E-state index in [1.54, 1.807) is 0 Å². The van der Waals surface area contributed by atoms with Gasteiger partial charge in [-0.15, -0.1) is 0 Å². The SMILES string of the molecule is CCC1CCN(C(CN)C2CCCC(C)C2)CC1. The predicted molar refractivity (Wildman–Crippen MR) is 78.6 cm³/mol. The van der Waals surface area contributed by atoms with Crippen LogP contribution in [0.15, 0.2) is 0 Å². The molecule has 1 aliphatic carbocycles. The van der Waals surface area contributed by atoms with E-state index in [-0.39, 0.29) is 0 Å². The molecule has 3 atom stereocenters. The van der Waals surface area contributed by atoms with Crippen molar-refractivity contribution in [3.05, 3.63) is 0 Å². The summed E-state index contributed by atoms with van der Waals surface area (Å²) in [5.74, 6) is 2.77.